The Morgan fingerprint density at radius 2 is 1.83 bits per heavy atom. The van der Waals surface area contributed by atoms with Crippen molar-refractivity contribution in [1.29, 1.82) is 0 Å². The fraction of sp³-hybridized carbons (Fsp3) is 0.714. The molecule has 0 aliphatic heterocycles. The second-order valence-electron chi connectivity index (χ2n) is 8.71. The van der Waals surface area contributed by atoms with Crippen molar-refractivity contribution < 1.29 is 49.2 Å². The third-order valence-corrected chi connectivity index (χ3v) is 7.94. The SMILES string of the molecule is C=CC1=CCC2C3CC=C4CC(O)CC[C@]4(C)C3CC[C@]12C.[Ac]. The summed E-state index contributed by atoms with van der Waals surface area (Å²) in [6.45, 7) is 9.05. The van der Waals surface area contributed by atoms with E-state index in [-0.39, 0.29) is 50.2 Å². The van der Waals surface area contributed by atoms with Crippen molar-refractivity contribution in [2.45, 2.75) is 64.9 Å². The van der Waals surface area contributed by atoms with Crippen LogP contribution in [0.25, 0.3) is 0 Å². The molecule has 4 unspecified atom stereocenters. The molecule has 0 aromatic heterocycles. The number of fused-ring (bicyclic) bond motifs is 5. The molecule has 0 spiro atoms. The molecule has 4 aliphatic rings. The minimum Gasteiger partial charge on any atom is -0.393 e. The molecule has 4 aliphatic carbocycles. The van der Waals surface area contributed by atoms with Crippen LogP contribution >= 0.6 is 0 Å². The third-order valence-electron chi connectivity index (χ3n) is 7.94. The van der Waals surface area contributed by atoms with Crippen molar-refractivity contribution in [3.05, 3.63) is 36.0 Å². The maximum atomic E-state index is 10.1. The van der Waals surface area contributed by atoms with Gasteiger partial charge in [0.25, 0.3) is 0 Å². The molecule has 0 aromatic rings. The van der Waals surface area contributed by atoms with Gasteiger partial charge in [-0.2, -0.15) is 0 Å². The van der Waals surface area contributed by atoms with E-state index in [0.29, 0.717) is 10.8 Å². The molecular formula is C21H30AcO. The van der Waals surface area contributed by atoms with Gasteiger partial charge in [0, 0.05) is 44.1 Å². The van der Waals surface area contributed by atoms with Crippen molar-refractivity contribution in [3.8, 4) is 0 Å². The van der Waals surface area contributed by atoms with Crippen LogP contribution in [-0.2, 0) is 0 Å². The number of hydrogen-bond acceptors (Lipinski definition) is 1. The monoisotopic (exact) mass is 525 g/mol. The number of rotatable bonds is 1. The first-order valence-electron chi connectivity index (χ1n) is 9.19. The topological polar surface area (TPSA) is 20.2 Å². The van der Waals surface area contributed by atoms with Crippen LogP contribution in [0.1, 0.15) is 58.8 Å². The Morgan fingerprint density at radius 1 is 1.09 bits per heavy atom. The molecular weight excluding hydrogens is 495 g/mol. The standard InChI is InChI=1S/C21H30O.Ac/c1-4-14-6-8-18-17-7-5-15-13-16(22)9-11-21(15,3)19(17)10-12-20(14,18)2;/h4-6,16-19,22H,1,7-13H2,2-3H3;/t16?,17?,18?,19?,20-,21+;/m1./s1. The third kappa shape index (κ3) is 2.62. The largest absolute Gasteiger partial charge is 0.393 e. The van der Waals surface area contributed by atoms with Crippen molar-refractivity contribution in [2.24, 2.45) is 28.6 Å². The van der Waals surface area contributed by atoms with Gasteiger partial charge in [-0.3, -0.25) is 0 Å². The Balaban J connectivity index is 0.00000156. The summed E-state index contributed by atoms with van der Waals surface area (Å²) in [5.41, 5.74) is 3.82. The molecule has 2 heteroatoms. The molecule has 0 saturated heterocycles. The molecule has 6 atom stereocenters. The van der Waals surface area contributed by atoms with Crippen LogP contribution in [0, 0.1) is 72.6 Å². The zero-order valence-electron chi connectivity index (χ0n) is 14.7. The van der Waals surface area contributed by atoms with E-state index in [4.69, 9.17) is 0 Å². The fourth-order valence-electron chi connectivity index (χ4n) is 6.56. The Morgan fingerprint density at radius 3 is 2.57 bits per heavy atom. The first kappa shape index (κ1) is 18.4. The zero-order valence-corrected chi connectivity index (χ0v) is 19.5. The van der Waals surface area contributed by atoms with Gasteiger partial charge < -0.3 is 5.11 Å². The van der Waals surface area contributed by atoms with E-state index < -0.39 is 0 Å². The van der Waals surface area contributed by atoms with Gasteiger partial charge in [-0.25, -0.2) is 0 Å². The molecule has 2 saturated carbocycles. The van der Waals surface area contributed by atoms with E-state index in [9.17, 15) is 5.11 Å². The normalized spacial score (nSPS) is 48.1. The summed E-state index contributed by atoms with van der Waals surface area (Å²) in [6, 6.07) is 0. The van der Waals surface area contributed by atoms with Gasteiger partial charge in [0.05, 0.1) is 6.10 Å². The number of aliphatic hydroxyl groups is 1. The van der Waals surface area contributed by atoms with Crippen molar-refractivity contribution in [1.82, 2.24) is 0 Å². The predicted molar refractivity (Wildman–Crippen MR) is 91.4 cm³/mol. The molecule has 0 heterocycles. The first-order valence-corrected chi connectivity index (χ1v) is 9.19. The summed E-state index contributed by atoms with van der Waals surface area (Å²) < 4.78 is 0. The van der Waals surface area contributed by atoms with Crippen LogP contribution < -0.4 is 0 Å². The van der Waals surface area contributed by atoms with E-state index >= 15 is 0 Å². The molecule has 1 nitrogen and oxygen atoms in total. The van der Waals surface area contributed by atoms with Crippen LogP contribution in [0.3, 0.4) is 0 Å². The van der Waals surface area contributed by atoms with Gasteiger partial charge in [0.15, 0.2) is 0 Å². The van der Waals surface area contributed by atoms with E-state index in [1.165, 1.54) is 37.7 Å². The minimum absolute atomic E-state index is 0. The summed E-state index contributed by atoms with van der Waals surface area (Å²) in [5, 5.41) is 10.1. The Bertz CT molecular complexity index is 562. The van der Waals surface area contributed by atoms with Gasteiger partial charge in [-0.15, -0.1) is 0 Å². The van der Waals surface area contributed by atoms with Crippen LogP contribution in [-0.4, -0.2) is 11.2 Å². The van der Waals surface area contributed by atoms with Crippen LogP contribution in [0.15, 0.2) is 36.0 Å². The molecule has 2 fully saturated rings. The van der Waals surface area contributed by atoms with Crippen LogP contribution in [0.5, 0.6) is 0 Å². The van der Waals surface area contributed by atoms with E-state index in [0.717, 1.165) is 30.6 Å². The molecule has 4 rings (SSSR count). The Kier molecular flexibility index (Phi) is 5.13. The quantitative estimate of drug-likeness (QED) is 0.477. The van der Waals surface area contributed by atoms with Gasteiger partial charge in [-0.05, 0) is 79.1 Å². The average Bonchev–Trinajstić information content (AvgIpc) is 2.84. The Labute approximate surface area is 177 Å². The van der Waals surface area contributed by atoms with Crippen LogP contribution in [0.4, 0.5) is 0 Å². The van der Waals surface area contributed by atoms with Crippen LogP contribution in [0.2, 0.25) is 0 Å². The van der Waals surface area contributed by atoms with E-state index in [1.807, 2.05) is 0 Å². The Hall–Kier alpha value is 0.622. The maximum absolute atomic E-state index is 10.1. The van der Waals surface area contributed by atoms with E-state index in [2.05, 4.69) is 38.7 Å². The van der Waals surface area contributed by atoms with Gasteiger partial charge in [-0.1, -0.05) is 44.2 Å². The van der Waals surface area contributed by atoms with Gasteiger partial charge in [0.1, 0.15) is 0 Å². The molecule has 123 valence electrons. The zero-order chi connectivity index (χ0) is 15.5. The first-order chi connectivity index (χ1) is 10.5. The van der Waals surface area contributed by atoms with Crippen molar-refractivity contribution >= 4 is 0 Å². The maximum Gasteiger partial charge on any atom is 0.0577 e. The van der Waals surface area contributed by atoms with E-state index in [1.54, 1.807) is 5.57 Å². The summed E-state index contributed by atoms with van der Waals surface area (Å²) >= 11 is 0. The van der Waals surface area contributed by atoms with Crippen molar-refractivity contribution in [2.75, 3.05) is 0 Å². The molecule has 1 N–H and O–H groups in total. The molecule has 0 amide bonds. The summed E-state index contributed by atoms with van der Waals surface area (Å²) in [7, 11) is 0. The van der Waals surface area contributed by atoms with Gasteiger partial charge >= 0.3 is 0 Å². The molecule has 0 aromatic carbocycles. The average molecular weight is 525 g/mol. The number of hydrogen-bond donors (Lipinski definition) is 1. The molecule has 23 heavy (non-hydrogen) atoms. The molecule has 1 radical (unpaired) electrons. The van der Waals surface area contributed by atoms with Crippen molar-refractivity contribution in [3.63, 3.8) is 0 Å². The predicted octanol–water partition coefficient (Wildman–Crippen LogP) is 5.03. The number of aliphatic hydroxyl groups excluding tert-OH is 1. The summed E-state index contributed by atoms with van der Waals surface area (Å²) in [4.78, 5) is 0. The summed E-state index contributed by atoms with van der Waals surface area (Å²) in [5.74, 6) is 2.47. The molecule has 0 bridgehead atoms. The minimum atomic E-state index is -0.0924. The fourth-order valence-corrected chi connectivity index (χ4v) is 6.56. The smallest absolute Gasteiger partial charge is 0.0577 e. The number of allylic oxidation sites excluding steroid dienone is 4. The van der Waals surface area contributed by atoms with Gasteiger partial charge in [0.2, 0.25) is 0 Å². The second-order valence-corrected chi connectivity index (χ2v) is 8.71. The second kappa shape index (κ2) is 6.41. The summed E-state index contributed by atoms with van der Waals surface area (Å²) in [6.07, 6.45) is 15.3.